The van der Waals surface area contributed by atoms with Crippen LogP contribution in [-0.4, -0.2) is 47.8 Å². The third kappa shape index (κ3) is 5.14. The summed E-state index contributed by atoms with van der Waals surface area (Å²) in [5.74, 6) is -1.09. The summed E-state index contributed by atoms with van der Waals surface area (Å²) in [6.45, 7) is 3.24. The van der Waals surface area contributed by atoms with Gasteiger partial charge in [-0.2, -0.15) is 0 Å². The molecular weight excluding hydrogens is 316 g/mol. The van der Waals surface area contributed by atoms with Crippen molar-refractivity contribution >= 4 is 6.03 Å². The Morgan fingerprint density at radius 2 is 2.12 bits per heavy atom. The van der Waals surface area contributed by atoms with Crippen LogP contribution < -0.4 is 10.6 Å². The Balaban J connectivity index is 1.89. The molecule has 1 unspecified atom stereocenters. The topological polar surface area (TPSA) is 64.6 Å². The summed E-state index contributed by atoms with van der Waals surface area (Å²) in [6, 6.07) is 3.20. The first kappa shape index (κ1) is 18.6. The Morgan fingerprint density at radius 3 is 2.75 bits per heavy atom. The van der Waals surface area contributed by atoms with E-state index in [-0.39, 0.29) is 36.8 Å². The first-order chi connectivity index (χ1) is 11.5. The van der Waals surface area contributed by atoms with Gasteiger partial charge in [0.1, 0.15) is 11.6 Å². The highest BCUT2D eigenvalue weighted by Crippen LogP contribution is 2.18. The summed E-state index contributed by atoms with van der Waals surface area (Å²) in [6.07, 6.45) is 2.31. The fraction of sp³-hybridized carbons (Fsp3) is 0.588. The molecule has 1 fully saturated rings. The van der Waals surface area contributed by atoms with Gasteiger partial charge in [0.2, 0.25) is 0 Å². The second-order valence-electron chi connectivity index (χ2n) is 6.18. The first-order valence-electron chi connectivity index (χ1n) is 8.36. The average molecular weight is 341 g/mol. The number of nitrogens with one attached hydrogen (secondary N) is 2. The van der Waals surface area contributed by atoms with Crippen LogP contribution in [0.25, 0.3) is 0 Å². The van der Waals surface area contributed by atoms with Crippen LogP contribution in [0.1, 0.15) is 31.7 Å². The molecule has 5 nitrogen and oxygen atoms in total. The molecule has 1 aliphatic rings. The van der Waals surface area contributed by atoms with Crippen molar-refractivity contribution in [3.05, 3.63) is 35.4 Å². The number of carbonyl (C=O) groups excluding carboxylic acids is 1. The minimum atomic E-state index is -0.545. The first-order valence-corrected chi connectivity index (χ1v) is 8.36. The number of halogens is 2. The van der Waals surface area contributed by atoms with E-state index in [0.29, 0.717) is 13.0 Å². The van der Waals surface area contributed by atoms with Gasteiger partial charge >= 0.3 is 6.03 Å². The van der Waals surface area contributed by atoms with Gasteiger partial charge in [0.25, 0.3) is 0 Å². The van der Waals surface area contributed by atoms with Crippen molar-refractivity contribution in [2.24, 2.45) is 0 Å². The molecule has 0 spiro atoms. The molecule has 1 aliphatic heterocycles. The van der Waals surface area contributed by atoms with Crippen LogP contribution in [0.5, 0.6) is 0 Å². The molecule has 1 saturated heterocycles. The number of hydrogen-bond acceptors (Lipinski definition) is 3. The van der Waals surface area contributed by atoms with Crippen LogP contribution in [0.15, 0.2) is 18.2 Å². The molecule has 1 aromatic rings. The summed E-state index contributed by atoms with van der Waals surface area (Å²) in [4.78, 5) is 13.9. The number of carbonyl (C=O) groups is 1. The van der Waals surface area contributed by atoms with Gasteiger partial charge in [-0.15, -0.1) is 0 Å². The van der Waals surface area contributed by atoms with Crippen LogP contribution in [0.3, 0.4) is 0 Å². The van der Waals surface area contributed by atoms with Gasteiger partial charge in [0, 0.05) is 24.7 Å². The maximum Gasteiger partial charge on any atom is 0.315 e. The largest absolute Gasteiger partial charge is 0.394 e. The van der Waals surface area contributed by atoms with E-state index >= 15 is 0 Å². The number of aliphatic hydroxyl groups excluding tert-OH is 1. The lowest BCUT2D eigenvalue weighted by atomic mass is 10.0. The molecule has 0 aliphatic carbocycles. The van der Waals surface area contributed by atoms with Crippen LogP contribution in [0.2, 0.25) is 0 Å². The van der Waals surface area contributed by atoms with Gasteiger partial charge in [0.05, 0.1) is 12.6 Å². The van der Waals surface area contributed by atoms with E-state index in [1.165, 1.54) is 18.2 Å². The number of benzene rings is 1. The third-order valence-electron chi connectivity index (χ3n) is 4.33. The second-order valence-corrected chi connectivity index (χ2v) is 6.18. The van der Waals surface area contributed by atoms with Crippen molar-refractivity contribution in [2.45, 2.75) is 44.8 Å². The second kappa shape index (κ2) is 8.94. The van der Waals surface area contributed by atoms with Gasteiger partial charge in [-0.25, -0.2) is 13.6 Å². The summed E-state index contributed by atoms with van der Waals surface area (Å²) in [5, 5.41) is 14.7. The number of amides is 2. The fourth-order valence-electron chi connectivity index (χ4n) is 2.91. The van der Waals surface area contributed by atoms with E-state index in [2.05, 4.69) is 10.6 Å². The van der Waals surface area contributed by atoms with Crippen molar-refractivity contribution in [3.63, 3.8) is 0 Å². The van der Waals surface area contributed by atoms with Crippen molar-refractivity contribution in [1.29, 1.82) is 0 Å². The molecule has 134 valence electrons. The van der Waals surface area contributed by atoms with Crippen molar-refractivity contribution < 1.29 is 18.7 Å². The molecule has 0 radical (unpaired) electrons. The zero-order chi connectivity index (χ0) is 17.5. The molecule has 2 atom stereocenters. The van der Waals surface area contributed by atoms with E-state index in [4.69, 9.17) is 5.11 Å². The Labute approximate surface area is 141 Å². The highest BCUT2D eigenvalue weighted by atomic mass is 19.1. The number of piperidine rings is 1. The van der Waals surface area contributed by atoms with Gasteiger partial charge in [0.15, 0.2) is 0 Å². The maximum absolute atomic E-state index is 13.8. The summed E-state index contributed by atoms with van der Waals surface area (Å²) in [7, 11) is 0. The highest BCUT2D eigenvalue weighted by Gasteiger charge is 2.23. The van der Waals surface area contributed by atoms with Crippen LogP contribution in [0, 0.1) is 11.6 Å². The number of urea groups is 1. The Hall–Kier alpha value is -1.73. The van der Waals surface area contributed by atoms with Crippen molar-refractivity contribution in [2.75, 3.05) is 19.7 Å². The zero-order valence-corrected chi connectivity index (χ0v) is 13.9. The predicted octanol–water partition coefficient (Wildman–Crippen LogP) is 2.00. The number of nitrogens with zero attached hydrogens (tertiary/aromatic N) is 1. The van der Waals surface area contributed by atoms with Gasteiger partial charge in [-0.05, 0) is 37.9 Å². The smallest absolute Gasteiger partial charge is 0.315 e. The van der Waals surface area contributed by atoms with Crippen LogP contribution in [-0.2, 0) is 6.54 Å². The Kier molecular flexibility index (Phi) is 6.93. The Bertz CT molecular complexity index is 532. The minimum Gasteiger partial charge on any atom is -0.394 e. The SMILES string of the molecule is CC[C@@H](CO)NC(=O)NC1CCCN(Cc2c(F)cccc2F)C1. The Morgan fingerprint density at radius 1 is 1.42 bits per heavy atom. The van der Waals surface area contributed by atoms with Crippen LogP contribution in [0.4, 0.5) is 13.6 Å². The van der Waals surface area contributed by atoms with Gasteiger partial charge < -0.3 is 15.7 Å². The number of aliphatic hydroxyl groups is 1. The normalized spacial score (nSPS) is 19.8. The summed E-state index contributed by atoms with van der Waals surface area (Å²) < 4.78 is 27.5. The summed E-state index contributed by atoms with van der Waals surface area (Å²) in [5.41, 5.74) is 0.0638. The van der Waals surface area contributed by atoms with Crippen molar-refractivity contribution in [3.8, 4) is 0 Å². The van der Waals surface area contributed by atoms with Crippen molar-refractivity contribution in [1.82, 2.24) is 15.5 Å². The third-order valence-corrected chi connectivity index (χ3v) is 4.33. The molecule has 3 N–H and O–H groups in total. The van der Waals surface area contributed by atoms with Gasteiger partial charge in [-0.1, -0.05) is 13.0 Å². The standard InChI is InChI=1S/C17H25F2N3O2/c1-2-12(11-23)20-17(24)21-13-5-4-8-22(9-13)10-14-15(18)6-3-7-16(14)19/h3,6-7,12-13,23H,2,4-5,8-11H2,1H3,(H2,20,21,24)/t12-,13?/m0/s1. The molecule has 0 saturated carbocycles. The monoisotopic (exact) mass is 341 g/mol. The number of hydrogen-bond donors (Lipinski definition) is 3. The molecule has 0 bridgehead atoms. The number of likely N-dealkylation sites (tertiary alicyclic amines) is 1. The lowest BCUT2D eigenvalue weighted by Gasteiger charge is -2.33. The van der Waals surface area contributed by atoms with E-state index < -0.39 is 11.6 Å². The maximum atomic E-state index is 13.8. The molecule has 24 heavy (non-hydrogen) atoms. The van der Waals surface area contributed by atoms with E-state index in [9.17, 15) is 13.6 Å². The molecule has 0 aromatic heterocycles. The number of rotatable bonds is 6. The molecule has 1 heterocycles. The molecule has 7 heteroatoms. The average Bonchev–Trinajstić information content (AvgIpc) is 2.56. The molecule has 2 amide bonds. The predicted molar refractivity (Wildman–Crippen MR) is 87.5 cm³/mol. The van der Waals surface area contributed by atoms with Crippen LogP contribution >= 0.6 is 0 Å². The lowest BCUT2D eigenvalue weighted by molar-refractivity contribution is 0.173. The molecule has 2 rings (SSSR count). The van der Waals surface area contributed by atoms with Gasteiger partial charge in [-0.3, -0.25) is 4.90 Å². The fourth-order valence-corrected chi connectivity index (χ4v) is 2.91. The highest BCUT2D eigenvalue weighted by molar-refractivity contribution is 5.74. The molecule has 1 aromatic carbocycles. The van der Waals surface area contributed by atoms with E-state index in [1.807, 2.05) is 11.8 Å². The molecular formula is C17H25F2N3O2. The quantitative estimate of drug-likeness (QED) is 0.741. The summed E-state index contributed by atoms with van der Waals surface area (Å²) >= 11 is 0. The zero-order valence-electron chi connectivity index (χ0n) is 13.9. The van der Waals surface area contributed by atoms with E-state index in [0.717, 1.165) is 19.4 Å². The van der Waals surface area contributed by atoms with E-state index in [1.54, 1.807) is 0 Å². The lowest BCUT2D eigenvalue weighted by Crippen LogP contribution is -2.52. The minimum absolute atomic E-state index is 0.0638.